The summed E-state index contributed by atoms with van der Waals surface area (Å²) < 4.78 is 13.8. The lowest BCUT2D eigenvalue weighted by Crippen LogP contribution is -2.46. The molecule has 4 nitrogen and oxygen atoms in total. The van der Waals surface area contributed by atoms with Crippen molar-refractivity contribution in [1.29, 1.82) is 0 Å². The first kappa shape index (κ1) is 16.8. The molecule has 0 radical (unpaired) electrons. The van der Waals surface area contributed by atoms with Gasteiger partial charge >= 0.3 is 0 Å². The largest absolute Gasteiger partial charge is 0.354 e. The van der Waals surface area contributed by atoms with Crippen LogP contribution in [0.25, 0.3) is 22.2 Å². The number of aromatic nitrogens is 1. The molecule has 2 aromatic carbocycles. The van der Waals surface area contributed by atoms with Crippen molar-refractivity contribution >= 4 is 16.8 Å². The number of hydrogen-bond acceptors (Lipinski definition) is 2. The highest BCUT2D eigenvalue weighted by molar-refractivity contribution is 5.91. The van der Waals surface area contributed by atoms with Crippen molar-refractivity contribution in [2.24, 2.45) is 0 Å². The molecule has 1 aliphatic heterocycles. The molecule has 2 N–H and O–H groups in total. The van der Waals surface area contributed by atoms with E-state index < -0.39 is 0 Å². The monoisotopic (exact) mass is 351 g/mol. The third kappa shape index (κ3) is 3.35. The van der Waals surface area contributed by atoms with E-state index in [0.29, 0.717) is 12.8 Å². The van der Waals surface area contributed by atoms with Crippen molar-refractivity contribution in [1.82, 2.24) is 15.2 Å². The molecule has 0 aliphatic carbocycles. The lowest BCUT2D eigenvalue weighted by atomic mass is 10.0. The van der Waals surface area contributed by atoms with Crippen LogP contribution in [0.1, 0.15) is 12.0 Å². The van der Waals surface area contributed by atoms with Gasteiger partial charge in [0, 0.05) is 49.2 Å². The smallest absolute Gasteiger partial charge is 0.222 e. The van der Waals surface area contributed by atoms with Crippen molar-refractivity contribution in [2.45, 2.75) is 12.8 Å². The number of halogens is 1. The third-order valence-corrected chi connectivity index (χ3v) is 4.99. The highest BCUT2D eigenvalue weighted by atomic mass is 19.1. The zero-order valence-corrected chi connectivity index (χ0v) is 14.6. The Morgan fingerprint density at radius 1 is 1.08 bits per heavy atom. The van der Waals surface area contributed by atoms with Crippen LogP contribution in [0.4, 0.5) is 4.39 Å². The molecule has 1 aromatic heterocycles. The molecule has 1 amide bonds. The first-order valence-electron chi connectivity index (χ1n) is 9.06. The first-order valence-corrected chi connectivity index (χ1v) is 9.06. The Bertz CT molecular complexity index is 914. The van der Waals surface area contributed by atoms with E-state index in [4.69, 9.17) is 0 Å². The highest BCUT2D eigenvalue weighted by Crippen LogP contribution is 2.32. The van der Waals surface area contributed by atoms with Crippen LogP contribution in [0.15, 0.2) is 48.5 Å². The number of nitrogens with one attached hydrogen (secondary N) is 2. The molecule has 0 atom stereocenters. The van der Waals surface area contributed by atoms with Gasteiger partial charge in [0.05, 0.1) is 0 Å². The minimum atomic E-state index is -0.259. The van der Waals surface area contributed by atoms with Gasteiger partial charge in [0.15, 0.2) is 0 Å². The maximum Gasteiger partial charge on any atom is 0.222 e. The van der Waals surface area contributed by atoms with Crippen LogP contribution in [0.3, 0.4) is 0 Å². The summed E-state index contributed by atoms with van der Waals surface area (Å²) in [6.07, 6.45) is 1.03. The summed E-state index contributed by atoms with van der Waals surface area (Å²) in [5.74, 6) is -0.0953. The second kappa shape index (κ2) is 7.30. The Labute approximate surface area is 152 Å². The summed E-state index contributed by atoms with van der Waals surface area (Å²) in [7, 11) is 0. The molecule has 0 bridgehead atoms. The Balaban J connectivity index is 1.65. The number of benzene rings is 2. The van der Waals surface area contributed by atoms with E-state index in [0.717, 1.165) is 53.9 Å². The fourth-order valence-corrected chi connectivity index (χ4v) is 3.64. The number of amides is 1. The topological polar surface area (TPSA) is 48.1 Å². The van der Waals surface area contributed by atoms with E-state index >= 15 is 0 Å². The van der Waals surface area contributed by atoms with Crippen molar-refractivity contribution in [3.8, 4) is 11.3 Å². The molecule has 134 valence electrons. The minimum absolute atomic E-state index is 0.163. The highest BCUT2D eigenvalue weighted by Gasteiger charge is 2.19. The quantitative estimate of drug-likeness (QED) is 0.757. The van der Waals surface area contributed by atoms with E-state index in [-0.39, 0.29) is 11.7 Å². The minimum Gasteiger partial charge on any atom is -0.354 e. The number of aromatic amines is 1. The molecule has 0 unspecified atom stereocenters. The Morgan fingerprint density at radius 2 is 1.85 bits per heavy atom. The SMILES string of the molecule is O=C(CCc1c(-c2ccccc2)[nH]c2ccc(F)cc12)N1CCNCC1. The molecule has 5 heteroatoms. The van der Waals surface area contributed by atoms with E-state index in [1.54, 1.807) is 12.1 Å². The average molecular weight is 351 g/mol. The van der Waals surface area contributed by atoms with Crippen LogP contribution in [-0.2, 0) is 11.2 Å². The lowest BCUT2D eigenvalue weighted by Gasteiger charge is -2.27. The van der Waals surface area contributed by atoms with Gasteiger partial charge in [0.2, 0.25) is 5.91 Å². The maximum atomic E-state index is 13.8. The van der Waals surface area contributed by atoms with Gasteiger partial charge in [-0.2, -0.15) is 0 Å². The zero-order chi connectivity index (χ0) is 17.9. The van der Waals surface area contributed by atoms with Crippen molar-refractivity contribution < 1.29 is 9.18 Å². The standard InChI is InChI=1S/C21H22FN3O/c22-16-6-8-19-18(14-16)17(21(24-19)15-4-2-1-3-5-15)7-9-20(26)25-12-10-23-11-13-25/h1-6,8,14,23-24H,7,9-13H2. The number of H-pyrrole nitrogens is 1. The van der Waals surface area contributed by atoms with Crippen LogP contribution in [-0.4, -0.2) is 42.0 Å². The molecule has 2 heterocycles. The summed E-state index contributed by atoms with van der Waals surface area (Å²) >= 11 is 0. The van der Waals surface area contributed by atoms with Crippen LogP contribution in [0.5, 0.6) is 0 Å². The Morgan fingerprint density at radius 3 is 2.62 bits per heavy atom. The van der Waals surface area contributed by atoms with Crippen LogP contribution >= 0.6 is 0 Å². The van der Waals surface area contributed by atoms with Crippen LogP contribution in [0.2, 0.25) is 0 Å². The number of nitrogens with zero attached hydrogens (tertiary/aromatic N) is 1. The number of hydrogen-bond donors (Lipinski definition) is 2. The van der Waals surface area contributed by atoms with Crippen molar-refractivity contribution in [3.63, 3.8) is 0 Å². The fourth-order valence-electron chi connectivity index (χ4n) is 3.64. The van der Waals surface area contributed by atoms with Gasteiger partial charge in [-0.3, -0.25) is 4.79 Å². The number of rotatable bonds is 4. The van der Waals surface area contributed by atoms with Gasteiger partial charge in [-0.05, 0) is 35.7 Å². The number of piperazine rings is 1. The average Bonchev–Trinajstić information content (AvgIpc) is 3.05. The van der Waals surface area contributed by atoms with Gasteiger partial charge < -0.3 is 15.2 Å². The summed E-state index contributed by atoms with van der Waals surface area (Å²) in [5, 5.41) is 4.12. The second-order valence-electron chi connectivity index (χ2n) is 6.67. The Hall–Kier alpha value is -2.66. The van der Waals surface area contributed by atoms with Crippen LogP contribution < -0.4 is 5.32 Å². The number of carbonyl (C=O) groups excluding carboxylic acids is 1. The molecule has 4 rings (SSSR count). The van der Waals surface area contributed by atoms with Gasteiger partial charge in [0.1, 0.15) is 5.82 Å². The number of aryl methyl sites for hydroxylation is 1. The summed E-state index contributed by atoms with van der Waals surface area (Å²) in [5.41, 5.74) is 3.93. The van der Waals surface area contributed by atoms with Crippen LogP contribution in [0, 0.1) is 5.82 Å². The van der Waals surface area contributed by atoms with Gasteiger partial charge in [-0.25, -0.2) is 4.39 Å². The summed E-state index contributed by atoms with van der Waals surface area (Å²) in [6.45, 7) is 3.21. The number of carbonyl (C=O) groups is 1. The van der Waals surface area contributed by atoms with Gasteiger partial charge in [0.25, 0.3) is 0 Å². The predicted molar refractivity (Wildman–Crippen MR) is 101 cm³/mol. The van der Waals surface area contributed by atoms with E-state index in [1.165, 1.54) is 6.07 Å². The van der Waals surface area contributed by atoms with E-state index in [2.05, 4.69) is 10.3 Å². The molecule has 0 saturated carbocycles. The second-order valence-corrected chi connectivity index (χ2v) is 6.67. The summed E-state index contributed by atoms with van der Waals surface area (Å²) in [6, 6.07) is 14.8. The summed E-state index contributed by atoms with van der Waals surface area (Å²) in [4.78, 5) is 17.9. The molecule has 1 saturated heterocycles. The predicted octanol–water partition coefficient (Wildman–Crippen LogP) is 3.34. The molecule has 0 spiro atoms. The van der Waals surface area contributed by atoms with E-state index in [1.807, 2.05) is 35.2 Å². The third-order valence-electron chi connectivity index (χ3n) is 4.99. The molecular formula is C21H22FN3O. The fraction of sp³-hybridized carbons (Fsp3) is 0.286. The first-order chi connectivity index (χ1) is 12.7. The molecular weight excluding hydrogens is 329 g/mol. The maximum absolute atomic E-state index is 13.8. The van der Waals surface area contributed by atoms with E-state index in [9.17, 15) is 9.18 Å². The van der Waals surface area contributed by atoms with Crippen molar-refractivity contribution in [3.05, 3.63) is 59.9 Å². The molecule has 1 fully saturated rings. The molecule has 26 heavy (non-hydrogen) atoms. The van der Waals surface area contributed by atoms with Gasteiger partial charge in [-0.1, -0.05) is 30.3 Å². The molecule has 3 aromatic rings. The molecule has 1 aliphatic rings. The lowest BCUT2D eigenvalue weighted by molar-refractivity contribution is -0.131. The zero-order valence-electron chi connectivity index (χ0n) is 14.6. The number of fused-ring (bicyclic) bond motifs is 1. The van der Waals surface area contributed by atoms with Crippen molar-refractivity contribution in [2.75, 3.05) is 26.2 Å². The normalized spacial score (nSPS) is 14.7. The Kier molecular flexibility index (Phi) is 4.71. The van der Waals surface area contributed by atoms with Gasteiger partial charge in [-0.15, -0.1) is 0 Å².